The first-order valence-corrected chi connectivity index (χ1v) is 10.5. The number of nitrogens with zero attached hydrogens (tertiary/aromatic N) is 2. The maximum Gasteiger partial charge on any atom is 0.352 e. The summed E-state index contributed by atoms with van der Waals surface area (Å²) in [5.74, 6) is -4.70. The van der Waals surface area contributed by atoms with Crippen LogP contribution in [0.1, 0.15) is 25.7 Å². The van der Waals surface area contributed by atoms with Gasteiger partial charge in [0.1, 0.15) is 11.1 Å². The van der Waals surface area contributed by atoms with E-state index in [9.17, 15) is 39.6 Å². The first kappa shape index (κ1) is 32.6. The second-order valence-electron chi connectivity index (χ2n) is 6.93. The summed E-state index contributed by atoms with van der Waals surface area (Å²) in [6.45, 7) is 10.0. The van der Waals surface area contributed by atoms with Crippen LogP contribution in [0.25, 0.3) is 0 Å². The Labute approximate surface area is 207 Å². The summed E-state index contributed by atoms with van der Waals surface area (Å²) in [5, 5.41) is 40.5. The minimum absolute atomic E-state index is 0.287. The molecule has 0 aromatic rings. The standard InChI is InChI=1S/C22H32N2O12/c1-5-17(29)33-23(34-18(30)6-2)21(9-13-25,10-14-26)22(11-15-27,12-16-28)24(35-19(31)7-3)36-20(32)8-4/h5-8,25-28H,1-4,9-16H2. The van der Waals surface area contributed by atoms with Gasteiger partial charge in [0.2, 0.25) is 0 Å². The van der Waals surface area contributed by atoms with Crippen molar-refractivity contribution < 1.29 is 59.0 Å². The predicted molar refractivity (Wildman–Crippen MR) is 121 cm³/mol. The van der Waals surface area contributed by atoms with E-state index in [4.69, 9.17) is 19.4 Å². The molecule has 14 nitrogen and oxygen atoms in total. The SMILES string of the molecule is C=CC(=O)ON(OC(=O)C=C)C(CCO)(CCO)C(CCO)(CCO)N(OC(=O)C=C)OC(=O)C=C. The normalized spacial score (nSPS) is 11.4. The quantitative estimate of drug-likeness (QED) is 0.123. The van der Waals surface area contributed by atoms with Gasteiger partial charge in [-0.15, -0.1) is 0 Å². The first-order valence-electron chi connectivity index (χ1n) is 10.5. The fraction of sp³-hybridized carbons (Fsp3) is 0.455. The van der Waals surface area contributed by atoms with Crippen LogP contribution in [0.5, 0.6) is 0 Å². The van der Waals surface area contributed by atoms with E-state index in [1.165, 1.54) is 0 Å². The van der Waals surface area contributed by atoms with E-state index < -0.39 is 87.1 Å². The van der Waals surface area contributed by atoms with E-state index in [2.05, 4.69) is 26.3 Å². The molecule has 0 amide bonds. The molecule has 0 bridgehead atoms. The third-order valence-corrected chi connectivity index (χ3v) is 5.02. The molecule has 0 fully saturated rings. The van der Waals surface area contributed by atoms with Crippen molar-refractivity contribution in [3.05, 3.63) is 50.6 Å². The molecule has 0 atom stereocenters. The second kappa shape index (κ2) is 16.3. The van der Waals surface area contributed by atoms with E-state index in [1.54, 1.807) is 0 Å². The van der Waals surface area contributed by atoms with Gasteiger partial charge >= 0.3 is 23.9 Å². The van der Waals surface area contributed by atoms with Gasteiger partial charge in [-0.3, -0.25) is 0 Å². The van der Waals surface area contributed by atoms with Crippen molar-refractivity contribution in [2.45, 2.75) is 36.8 Å². The Hall–Kier alpha value is -3.40. The third kappa shape index (κ3) is 8.08. The Morgan fingerprint density at radius 1 is 0.528 bits per heavy atom. The maximum absolute atomic E-state index is 12.2. The summed E-state index contributed by atoms with van der Waals surface area (Å²) in [7, 11) is 0. The molecule has 0 spiro atoms. The molecule has 0 aliphatic heterocycles. The van der Waals surface area contributed by atoms with Gasteiger partial charge in [-0.1, -0.05) is 26.3 Å². The monoisotopic (exact) mass is 516 g/mol. The zero-order valence-electron chi connectivity index (χ0n) is 19.7. The molecule has 0 aromatic heterocycles. The highest BCUT2D eigenvalue weighted by Gasteiger charge is 2.64. The zero-order valence-corrected chi connectivity index (χ0v) is 19.7. The number of hydrogen-bond acceptors (Lipinski definition) is 14. The van der Waals surface area contributed by atoms with Crippen LogP contribution in [0.3, 0.4) is 0 Å². The van der Waals surface area contributed by atoms with Crippen molar-refractivity contribution in [2.75, 3.05) is 26.4 Å². The largest absolute Gasteiger partial charge is 0.396 e. The van der Waals surface area contributed by atoms with Crippen molar-refractivity contribution in [1.82, 2.24) is 10.5 Å². The lowest BCUT2D eigenvalue weighted by Crippen LogP contribution is -2.72. The molecule has 0 radical (unpaired) electrons. The number of aliphatic hydroxyl groups excluding tert-OH is 4. The minimum Gasteiger partial charge on any atom is -0.396 e. The van der Waals surface area contributed by atoms with Crippen LogP contribution in [-0.4, -0.2) is 92.3 Å². The summed E-state index contributed by atoms with van der Waals surface area (Å²) in [5.41, 5.74) is -4.36. The highest BCUT2D eigenvalue weighted by atomic mass is 17.0. The molecule has 0 heterocycles. The Morgan fingerprint density at radius 2 is 0.722 bits per heavy atom. The Kier molecular flexibility index (Phi) is 14.8. The number of hydroxylamine groups is 4. The van der Waals surface area contributed by atoms with E-state index in [1.807, 2.05) is 0 Å². The van der Waals surface area contributed by atoms with Crippen molar-refractivity contribution in [1.29, 1.82) is 0 Å². The number of carbonyl (C=O) groups excluding carboxylic acids is 4. The second-order valence-corrected chi connectivity index (χ2v) is 6.93. The van der Waals surface area contributed by atoms with Crippen molar-refractivity contribution in [3.8, 4) is 0 Å². The summed E-state index contributed by atoms with van der Waals surface area (Å²) < 4.78 is 0. The van der Waals surface area contributed by atoms with Gasteiger partial charge in [-0.05, 0) is 25.7 Å². The average molecular weight is 517 g/mol. The van der Waals surface area contributed by atoms with E-state index in [0.717, 1.165) is 0 Å². The van der Waals surface area contributed by atoms with Crippen molar-refractivity contribution in [2.24, 2.45) is 0 Å². The van der Waals surface area contributed by atoms with Crippen LogP contribution in [0.2, 0.25) is 0 Å². The molecule has 0 saturated heterocycles. The molecule has 0 saturated carbocycles. The number of rotatable bonds is 19. The molecule has 0 unspecified atom stereocenters. The predicted octanol–water partition coefficient (Wildman–Crippen LogP) is -0.826. The Balaban J connectivity index is 7.59. The molecule has 4 N–H and O–H groups in total. The van der Waals surface area contributed by atoms with Crippen molar-refractivity contribution in [3.63, 3.8) is 0 Å². The fourth-order valence-electron chi connectivity index (χ4n) is 3.49. The van der Waals surface area contributed by atoms with Crippen LogP contribution >= 0.6 is 0 Å². The van der Waals surface area contributed by atoms with Gasteiger partial charge in [0.05, 0.1) is 0 Å². The Morgan fingerprint density at radius 3 is 0.861 bits per heavy atom. The lowest BCUT2D eigenvalue weighted by atomic mass is 9.69. The van der Waals surface area contributed by atoms with Crippen LogP contribution in [0.4, 0.5) is 0 Å². The highest BCUT2D eigenvalue weighted by Crippen LogP contribution is 2.45. The molecule has 0 aromatic carbocycles. The van der Waals surface area contributed by atoms with E-state index in [-0.39, 0.29) is 10.5 Å². The van der Waals surface area contributed by atoms with Crippen molar-refractivity contribution >= 4 is 23.9 Å². The van der Waals surface area contributed by atoms with E-state index in [0.29, 0.717) is 24.3 Å². The first-order chi connectivity index (χ1) is 17.1. The van der Waals surface area contributed by atoms with Gasteiger partial charge < -0.3 is 39.8 Å². The zero-order chi connectivity index (χ0) is 27.8. The lowest BCUT2D eigenvalue weighted by Gasteiger charge is -2.53. The van der Waals surface area contributed by atoms with E-state index >= 15 is 0 Å². The summed E-state index contributed by atoms with van der Waals surface area (Å²) >= 11 is 0. The number of hydrogen-bond donors (Lipinski definition) is 4. The van der Waals surface area contributed by atoms with Gasteiger partial charge in [0, 0.05) is 61.2 Å². The lowest BCUT2D eigenvalue weighted by molar-refractivity contribution is -0.442. The Bertz CT molecular complexity index is 691. The molecule has 0 rings (SSSR count). The van der Waals surface area contributed by atoms with Crippen LogP contribution < -0.4 is 0 Å². The average Bonchev–Trinajstić information content (AvgIpc) is 2.86. The summed E-state index contributed by atoms with van der Waals surface area (Å²) in [4.78, 5) is 69.1. The molecule has 0 aliphatic carbocycles. The maximum atomic E-state index is 12.2. The molecule has 36 heavy (non-hydrogen) atoms. The highest BCUT2D eigenvalue weighted by molar-refractivity contribution is 5.83. The fourth-order valence-corrected chi connectivity index (χ4v) is 3.49. The number of aliphatic hydroxyl groups is 4. The summed E-state index contributed by atoms with van der Waals surface area (Å²) in [6, 6.07) is 0. The third-order valence-electron chi connectivity index (χ3n) is 5.02. The molecule has 14 heteroatoms. The molecular weight excluding hydrogens is 484 g/mol. The van der Waals surface area contributed by atoms with Crippen LogP contribution in [-0.2, 0) is 38.5 Å². The number of carbonyl (C=O) groups is 4. The minimum atomic E-state index is -2.18. The van der Waals surface area contributed by atoms with Crippen LogP contribution in [0, 0.1) is 0 Å². The molecular formula is C22H32N2O12. The topological polar surface area (TPSA) is 193 Å². The smallest absolute Gasteiger partial charge is 0.352 e. The van der Waals surface area contributed by atoms with Gasteiger partial charge in [0.25, 0.3) is 0 Å². The molecule has 202 valence electrons. The van der Waals surface area contributed by atoms with Gasteiger partial charge in [0.15, 0.2) is 0 Å². The molecule has 0 aliphatic rings. The van der Waals surface area contributed by atoms with Crippen LogP contribution in [0.15, 0.2) is 50.6 Å². The summed E-state index contributed by atoms with van der Waals surface area (Å²) in [6.07, 6.45) is 0.613. The van der Waals surface area contributed by atoms with Gasteiger partial charge in [-0.2, -0.15) is 0 Å². The van der Waals surface area contributed by atoms with Gasteiger partial charge in [-0.25, -0.2) is 19.2 Å².